The van der Waals surface area contributed by atoms with Gasteiger partial charge in [0.1, 0.15) is 11.6 Å². The second-order valence-corrected chi connectivity index (χ2v) is 7.06. The van der Waals surface area contributed by atoms with E-state index in [2.05, 4.69) is 15.3 Å². The van der Waals surface area contributed by atoms with Gasteiger partial charge in [0.25, 0.3) is 5.91 Å². The average molecular weight is 334 g/mol. The number of nitrogens with zero attached hydrogens (tertiary/aromatic N) is 3. The lowest BCUT2D eigenvalue weighted by molar-refractivity contribution is -0.118. The molecule has 0 saturated heterocycles. The summed E-state index contributed by atoms with van der Waals surface area (Å²) in [6.45, 7) is 3.59. The number of anilines is 1. The number of hydrogen-bond donors (Lipinski definition) is 1. The first kappa shape index (κ1) is 15.1. The lowest BCUT2D eigenvalue weighted by Crippen LogP contribution is -2.46. The Kier molecular flexibility index (Phi) is 3.98. The van der Waals surface area contributed by atoms with Gasteiger partial charge in [-0.05, 0) is 44.3 Å². The molecule has 3 rings (SSSR count). The van der Waals surface area contributed by atoms with Gasteiger partial charge in [-0.1, -0.05) is 0 Å². The maximum Gasteiger partial charge on any atom is 0.251 e. The van der Waals surface area contributed by atoms with Crippen LogP contribution < -0.4 is 5.32 Å². The van der Waals surface area contributed by atoms with Crippen LogP contribution in [-0.4, -0.2) is 39.1 Å². The molecule has 6 nitrogen and oxygen atoms in total. The normalized spacial score (nSPS) is 18.1. The first-order chi connectivity index (χ1) is 10.5. The minimum atomic E-state index is -0.855. The third-order valence-corrected chi connectivity index (χ3v) is 5.27. The molecule has 8 heteroatoms. The Bertz CT molecular complexity index is 739. The molecule has 0 fully saturated rings. The van der Waals surface area contributed by atoms with Gasteiger partial charge < -0.3 is 5.32 Å². The van der Waals surface area contributed by atoms with E-state index in [-0.39, 0.29) is 11.7 Å². The Balaban J connectivity index is 1.84. The minimum Gasteiger partial charge on any atom is -0.309 e. The van der Waals surface area contributed by atoms with Crippen molar-refractivity contribution < 1.29 is 9.59 Å². The number of aryl methyl sites for hydroxylation is 2. The number of thiophene rings is 1. The zero-order valence-corrected chi connectivity index (χ0v) is 13.9. The standard InChI is InChI=1S/C14H14N4O2S2/c1-7-6-10(16-8(2)15-7)17-14(20)11-12(19)13-9(4-5-21-13)22-18(11)3/h4-6,11H,1-3H3,(H,15,16,17,20). The molecule has 114 valence electrons. The van der Waals surface area contributed by atoms with E-state index in [0.29, 0.717) is 16.5 Å². The van der Waals surface area contributed by atoms with Crippen LogP contribution in [0.2, 0.25) is 0 Å². The number of carbonyl (C=O) groups is 2. The molecule has 1 aliphatic rings. The number of aromatic nitrogens is 2. The zero-order chi connectivity index (χ0) is 15.9. The van der Waals surface area contributed by atoms with Gasteiger partial charge in [0.15, 0.2) is 6.04 Å². The van der Waals surface area contributed by atoms with Gasteiger partial charge in [-0.25, -0.2) is 14.3 Å². The number of Topliss-reactive ketones (excluding diaryl/α,β-unsaturated/α-hetero) is 1. The number of hydrogen-bond acceptors (Lipinski definition) is 7. The fraction of sp³-hybridized carbons (Fsp3) is 0.286. The Morgan fingerprint density at radius 1 is 1.36 bits per heavy atom. The van der Waals surface area contributed by atoms with Crippen molar-refractivity contribution in [2.24, 2.45) is 0 Å². The Labute approximate surface area is 136 Å². The van der Waals surface area contributed by atoms with E-state index in [9.17, 15) is 9.59 Å². The van der Waals surface area contributed by atoms with Gasteiger partial charge in [0.2, 0.25) is 5.78 Å². The third-order valence-electron chi connectivity index (χ3n) is 3.17. The van der Waals surface area contributed by atoms with Crippen molar-refractivity contribution in [3.63, 3.8) is 0 Å². The summed E-state index contributed by atoms with van der Waals surface area (Å²) in [6.07, 6.45) is 0. The highest BCUT2D eigenvalue weighted by atomic mass is 32.2. The molecule has 0 aliphatic carbocycles. The molecule has 2 aromatic heterocycles. The second-order valence-electron chi connectivity index (χ2n) is 4.95. The zero-order valence-electron chi connectivity index (χ0n) is 12.3. The highest BCUT2D eigenvalue weighted by molar-refractivity contribution is 7.97. The van der Waals surface area contributed by atoms with Gasteiger partial charge in [-0.3, -0.25) is 9.59 Å². The van der Waals surface area contributed by atoms with Crippen molar-refractivity contribution in [3.8, 4) is 0 Å². The van der Waals surface area contributed by atoms with E-state index in [1.165, 1.54) is 23.3 Å². The fourth-order valence-corrected chi connectivity index (χ4v) is 4.32. The molecule has 0 saturated carbocycles. The van der Waals surface area contributed by atoms with Crippen LogP contribution >= 0.6 is 23.3 Å². The largest absolute Gasteiger partial charge is 0.309 e. The first-order valence-corrected chi connectivity index (χ1v) is 8.26. The summed E-state index contributed by atoms with van der Waals surface area (Å²) in [5.41, 5.74) is 0.765. The predicted octanol–water partition coefficient (Wildman–Crippen LogP) is 2.30. The molecule has 3 heterocycles. The quantitative estimate of drug-likeness (QED) is 0.671. The van der Waals surface area contributed by atoms with Gasteiger partial charge in [-0.2, -0.15) is 0 Å². The number of carbonyl (C=O) groups excluding carboxylic acids is 2. The summed E-state index contributed by atoms with van der Waals surface area (Å²) in [4.78, 5) is 34.9. The molecule has 1 atom stereocenters. The van der Waals surface area contributed by atoms with E-state index in [0.717, 1.165) is 10.6 Å². The van der Waals surface area contributed by atoms with Crippen molar-refractivity contribution in [3.05, 3.63) is 33.9 Å². The molecule has 1 aliphatic heterocycles. The number of likely N-dealkylation sites (N-methyl/N-ethyl adjacent to an activating group) is 1. The molecular formula is C14H14N4O2S2. The highest BCUT2D eigenvalue weighted by Gasteiger charge is 2.38. The van der Waals surface area contributed by atoms with Crippen LogP contribution in [0.1, 0.15) is 21.2 Å². The van der Waals surface area contributed by atoms with Crippen LogP contribution in [0, 0.1) is 13.8 Å². The Morgan fingerprint density at radius 3 is 2.86 bits per heavy atom. The van der Waals surface area contributed by atoms with Crippen LogP contribution in [0.15, 0.2) is 22.4 Å². The number of amides is 1. The maximum absolute atomic E-state index is 12.5. The van der Waals surface area contributed by atoms with Gasteiger partial charge in [0.05, 0.1) is 4.88 Å². The molecule has 0 spiro atoms. The number of ketones is 1. The average Bonchev–Trinajstić information content (AvgIpc) is 2.85. The van der Waals surface area contributed by atoms with E-state index >= 15 is 0 Å². The van der Waals surface area contributed by atoms with E-state index < -0.39 is 6.04 Å². The monoisotopic (exact) mass is 334 g/mol. The molecule has 1 amide bonds. The highest BCUT2D eigenvalue weighted by Crippen LogP contribution is 2.37. The van der Waals surface area contributed by atoms with Crippen molar-refractivity contribution >= 4 is 40.8 Å². The summed E-state index contributed by atoms with van der Waals surface area (Å²) in [7, 11) is 1.74. The summed E-state index contributed by atoms with van der Waals surface area (Å²) >= 11 is 2.77. The Morgan fingerprint density at radius 2 is 2.14 bits per heavy atom. The molecule has 2 aromatic rings. The Hall–Kier alpha value is -1.77. The van der Waals surface area contributed by atoms with Gasteiger partial charge in [-0.15, -0.1) is 11.3 Å². The van der Waals surface area contributed by atoms with Gasteiger partial charge in [0, 0.05) is 16.7 Å². The molecular weight excluding hydrogens is 320 g/mol. The maximum atomic E-state index is 12.5. The fourth-order valence-electron chi connectivity index (χ4n) is 2.31. The van der Waals surface area contributed by atoms with Crippen LogP contribution in [0.25, 0.3) is 0 Å². The topological polar surface area (TPSA) is 75.2 Å². The van der Waals surface area contributed by atoms with E-state index in [4.69, 9.17) is 0 Å². The smallest absolute Gasteiger partial charge is 0.251 e. The van der Waals surface area contributed by atoms with Crippen LogP contribution in [-0.2, 0) is 4.79 Å². The van der Waals surface area contributed by atoms with Crippen molar-refractivity contribution in [1.29, 1.82) is 0 Å². The summed E-state index contributed by atoms with van der Waals surface area (Å²) in [6, 6.07) is 2.72. The SMILES string of the molecule is Cc1cc(NC(=O)C2C(=O)c3sccc3SN2C)nc(C)n1. The van der Waals surface area contributed by atoms with Crippen molar-refractivity contribution in [2.45, 2.75) is 24.8 Å². The van der Waals surface area contributed by atoms with Crippen LogP contribution in [0.4, 0.5) is 5.82 Å². The van der Waals surface area contributed by atoms with Crippen molar-refractivity contribution in [2.75, 3.05) is 12.4 Å². The van der Waals surface area contributed by atoms with E-state index in [1.54, 1.807) is 24.3 Å². The van der Waals surface area contributed by atoms with Crippen LogP contribution in [0.3, 0.4) is 0 Å². The number of nitrogens with one attached hydrogen (secondary N) is 1. The summed E-state index contributed by atoms with van der Waals surface area (Å²) in [5.74, 6) is 0.439. The van der Waals surface area contributed by atoms with Crippen LogP contribution in [0.5, 0.6) is 0 Å². The number of rotatable bonds is 2. The van der Waals surface area contributed by atoms with Crippen molar-refractivity contribution in [1.82, 2.24) is 14.3 Å². The van der Waals surface area contributed by atoms with E-state index in [1.807, 2.05) is 18.4 Å². The lowest BCUT2D eigenvalue weighted by atomic mass is 10.1. The molecule has 0 aromatic carbocycles. The molecule has 0 radical (unpaired) electrons. The third kappa shape index (κ3) is 2.77. The lowest BCUT2D eigenvalue weighted by Gasteiger charge is -2.28. The molecule has 1 N–H and O–H groups in total. The number of fused-ring (bicyclic) bond motifs is 1. The molecule has 1 unspecified atom stereocenters. The molecule has 0 bridgehead atoms. The first-order valence-electron chi connectivity index (χ1n) is 6.61. The summed E-state index contributed by atoms with van der Waals surface area (Å²) in [5, 5.41) is 4.58. The molecule has 22 heavy (non-hydrogen) atoms. The minimum absolute atomic E-state index is 0.175. The summed E-state index contributed by atoms with van der Waals surface area (Å²) < 4.78 is 1.67. The second kappa shape index (κ2) is 5.79. The van der Waals surface area contributed by atoms with Gasteiger partial charge >= 0.3 is 0 Å². The predicted molar refractivity (Wildman–Crippen MR) is 86.2 cm³/mol.